The number of aryl methyl sites for hydroxylation is 2. The summed E-state index contributed by atoms with van der Waals surface area (Å²) in [5, 5.41) is 1.97. The van der Waals surface area contributed by atoms with Gasteiger partial charge in [0.15, 0.2) is 0 Å². The van der Waals surface area contributed by atoms with Crippen LogP contribution in [0.15, 0.2) is 42.5 Å². The Kier molecular flexibility index (Phi) is 6.45. The molecule has 1 heterocycles. The van der Waals surface area contributed by atoms with Gasteiger partial charge in [-0.1, -0.05) is 37.3 Å². The summed E-state index contributed by atoms with van der Waals surface area (Å²) in [6.45, 7) is 5.38. The monoisotopic (exact) mass is 484 g/mol. The number of nitrogens with one attached hydrogen (secondary N) is 1. The van der Waals surface area contributed by atoms with Crippen molar-refractivity contribution in [2.24, 2.45) is 5.92 Å². The second-order valence-electron chi connectivity index (χ2n) is 11.0. The van der Waals surface area contributed by atoms with Crippen LogP contribution in [0.2, 0.25) is 0 Å². The Labute approximate surface area is 206 Å². The second-order valence-corrected chi connectivity index (χ2v) is 11.0. The molecule has 1 amide bonds. The van der Waals surface area contributed by atoms with E-state index in [4.69, 9.17) is 0 Å². The average Bonchev–Trinajstić information content (AvgIpc) is 3.45. The number of benzene rings is 2. The van der Waals surface area contributed by atoms with Crippen LogP contribution in [0.5, 0.6) is 0 Å². The highest BCUT2D eigenvalue weighted by atomic mass is 19.4. The van der Waals surface area contributed by atoms with Crippen LogP contribution >= 0.6 is 0 Å². The summed E-state index contributed by atoms with van der Waals surface area (Å²) in [5.41, 5.74) is 5.97. The van der Waals surface area contributed by atoms with Crippen molar-refractivity contribution in [2.45, 2.75) is 75.9 Å². The predicted octanol–water partition coefficient (Wildman–Crippen LogP) is 6.15. The third kappa shape index (κ3) is 4.74. The summed E-state index contributed by atoms with van der Waals surface area (Å²) in [7, 11) is 0. The lowest BCUT2D eigenvalue weighted by Gasteiger charge is -2.47. The first-order chi connectivity index (χ1) is 16.7. The Morgan fingerprint density at radius 3 is 2.69 bits per heavy atom. The molecule has 35 heavy (non-hydrogen) atoms. The minimum absolute atomic E-state index is 0.289. The minimum Gasteiger partial charge on any atom is -0.343 e. The van der Waals surface area contributed by atoms with Crippen LogP contribution in [0.25, 0.3) is 0 Å². The standard InChI is InChI=1S/C29H35F3N2O/c1-19-15-23(27(35)33-18-29(30,31)32)8-10-25(19)22-7-9-24(16-22)34-14-13-28(20(2)17-34)12-11-21-5-3-4-6-26(21)28/h3-6,8,10,15,20,22,24H,7,9,11-14,16-18H2,1-2H3,(H,33,35)/t20-,22?,24?,28?/m0/s1. The number of fused-ring (bicyclic) bond motifs is 2. The van der Waals surface area contributed by atoms with Gasteiger partial charge in [0.25, 0.3) is 5.91 Å². The molecule has 3 aliphatic rings. The molecule has 1 spiro atoms. The SMILES string of the molecule is Cc1cc(C(=O)NCC(F)(F)F)ccc1C1CCC(N2CCC3(CCc4ccccc43)[C@@H](C)C2)C1. The molecule has 3 nitrogen and oxygen atoms in total. The molecule has 1 saturated heterocycles. The zero-order valence-corrected chi connectivity index (χ0v) is 20.6. The molecule has 0 bridgehead atoms. The van der Waals surface area contributed by atoms with Crippen molar-refractivity contribution in [1.29, 1.82) is 0 Å². The molecule has 2 fully saturated rings. The first-order valence-electron chi connectivity index (χ1n) is 12.9. The molecule has 4 atom stereocenters. The number of hydrogen-bond donors (Lipinski definition) is 1. The summed E-state index contributed by atoms with van der Waals surface area (Å²) in [6.07, 6.45) is 2.70. The molecule has 0 radical (unpaired) electrons. The van der Waals surface area contributed by atoms with Crippen molar-refractivity contribution < 1.29 is 18.0 Å². The molecule has 3 unspecified atom stereocenters. The van der Waals surface area contributed by atoms with E-state index in [1.165, 1.54) is 31.2 Å². The lowest BCUT2D eigenvalue weighted by molar-refractivity contribution is -0.123. The number of halogens is 3. The fraction of sp³-hybridized carbons (Fsp3) is 0.552. The fourth-order valence-corrected chi connectivity index (χ4v) is 7.16. The maximum absolute atomic E-state index is 12.4. The Bertz CT molecular complexity index is 1100. The largest absolute Gasteiger partial charge is 0.405 e. The van der Waals surface area contributed by atoms with Gasteiger partial charge in [0.2, 0.25) is 0 Å². The average molecular weight is 485 g/mol. The molecular formula is C29H35F3N2O. The van der Waals surface area contributed by atoms with E-state index in [0.29, 0.717) is 23.3 Å². The number of carbonyl (C=O) groups excluding carboxylic acids is 1. The molecule has 1 N–H and O–H groups in total. The highest BCUT2D eigenvalue weighted by Gasteiger charge is 2.47. The molecule has 1 saturated carbocycles. The number of amides is 1. The molecule has 2 aromatic rings. The van der Waals surface area contributed by atoms with E-state index in [1.54, 1.807) is 23.3 Å². The van der Waals surface area contributed by atoms with E-state index in [2.05, 4.69) is 36.1 Å². The third-order valence-corrected chi connectivity index (χ3v) is 9.03. The van der Waals surface area contributed by atoms with Gasteiger partial charge in [0, 0.05) is 23.6 Å². The zero-order chi connectivity index (χ0) is 24.8. The van der Waals surface area contributed by atoms with Crippen molar-refractivity contribution in [2.75, 3.05) is 19.6 Å². The first-order valence-corrected chi connectivity index (χ1v) is 12.9. The van der Waals surface area contributed by atoms with Crippen LogP contribution in [0, 0.1) is 12.8 Å². The Balaban J connectivity index is 1.21. The molecular weight excluding hydrogens is 449 g/mol. The molecule has 6 heteroatoms. The minimum atomic E-state index is -4.41. The van der Waals surface area contributed by atoms with Crippen molar-refractivity contribution in [3.63, 3.8) is 0 Å². The quantitative estimate of drug-likeness (QED) is 0.565. The van der Waals surface area contributed by atoms with E-state index in [9.17, 15) is 18.0 Å². The van der Waals surface area contributed by atoms with Crippen LogP contribution in [0.1, 0.15) is 77.6 Å². The Morgan fingerprint density at radius 2 is 1.94 bits per heavy atom. The predicted molar refractivity (Wildman–Crippen MR) is 132 cm³/mol. The van der Waals surface area contributed by atoms with E-state index >= 15 is 0 Å². The van der Waals surface area contributed by atoms with Gasteiger partial charge in [0.05, 0.1) is 0 Å². The maximum atomic E-state index is 12.4. The van der Waals surface area contributed by atoms with Crippen LogP contribution in [-0.2, 0) is 11.8 Å². The second kappa shape index (κ2) is 9.27. The van der Waals surface area contributed by atoms with Gasteiger partial charge in [-0.2, -0.15) is 13.2 Å². The highest BCUT2D eigenvalue weighted by Crippen LogP contribution is 2.50. The van der Waals surface area contributed by atoms with Crippen molar-refractivity contribution in [3.05, 3.63) is 70.3 Å². The van der Waals surface area contributed by atoms with Gasteiger partial charge in [-0.3, -0.25) is 4.79 Å². The number of piperidine rings is 1. The van der Waals surface area contributed by atoms with Crippen LogP contribution in [0.4, 0.5) is 13.2 Å². The molecule has 2 aromatic carbocycles. The van der Waals surface area contributed by atoms with Crippen molar-refractivity contribution in [3.8, 4) is 0 Å². The third-order valence-electron chi connectivity index (χ3n) is 9.03. The number of rotatable bonds is 4. The Morgan fingerprint density at radius 1 is 1.14 bits per heavy atom. The fourth-order valence-electron chi connectivity index (χ4n) is 7.16. The molecule has 2 aliphatic carbocycles. The van der Waals surface area contributed by atoms with E-state index in [-0.39, 0.29) is 5.56 Å². The number of carbonyl (C=O) groups is 1. The smallest absolute Gasteiger partial charge is 0.343 e. The lowest BCUT2D eigenvalue weighted by atomic mass is 9.67. The normalized spacial score (nSPS) is 28.9. The summed E-state index contributed by atoms with van der Waals surface area (Å²) in [6, 6.07) is 15.0. The van der Waals surface area contributed by atoms with Crippen molar-refractivity contribution >= 4 is 5.91 Å². The number of nitrogens with zero attached hydrogens (tertiary/aromatic N) is 1. The van der Waals surface area contributed by atoms with E-state index in [0.717, 1.165) is 31.5 Å². The lowest BCUT2D eigenvalue weighted by Crippen LogP contribution is -2.50. The summed E-state index contributed by atoms with van der Waals surface area (Å²) < 4.78 is 37.3. The topological polar surface area (TPSA) is 32.3 Å². The number of hydrogen-bond acceptors (Lipinski definition) is 2. The van der Waals surface area contributed by atoms with Gasteiger partial charge >= 0.3 is 6.18 Å². The van der Waals surface area contributed by atoms with Crippen LogP contribution < -0.4 is 5.32 Å². The maximum Gasteiger partial charge on any atom is 0.405 e. The van der Waals surface area contributed by atoms with Gasteiger partial charge < -0.3 is 10.2 Å². The van der Waals surface area contributed by atoms with Crippen LogP contribution in [0.3, 0.4) is 0 Å². The summed E-state index contributed by atoms with van der Waals surface area (Å²) in [4.78, 5) is 14.8. The van der Waals surface area contributed by atoms with Gasteiger partial charge in [0.1, 0.15) is 6.54 Å². The molecule has 0 aromatic heterocycles. The van der Waals surface area contributed by atoms with Gasteiger partial charge in [-0.05, 0) is 98.2 Å². The number of alkyl halides is 3. The van der Waals surface area contributed by atoms with Crippen LogP contribution in [-0.4, -0.2) is 42.7 Å². The highest BCUT2D eigenvalue weighted by molar-refractivity contribution is 5.94. The first kappa shape index (κ1) is 24.4. The molecule has 5 rings (SSSR count). The van der Waals surface area contributed by atoms with E-state index in [1.807, 2.05) is 18.3 Å². The zero-order valence-electron chi connectivity index (χ0n) is 20.6. The molecule has 188 valence electrons. The van der Waals surface area contributed by atoms with E-state index < -0.39 is 18.6 Å². The number of likely N-dealkylation sites (tertiary alicyclic amines) is 1. The van der Waals surface area contributed by atoms with Crippen molar-refractivity contribution in [1.82, 2.24) is 10.2 Å². The Hall–Kier alpha value is -2.34. The van der Waals surface area contributed by atoms with Gasteiger partial charge in [-0.15, -0.1) is 0 Å². The van der Waals surface area contributed by atoms with Gasteiger partial charge in [-0.25, -0.2) is 0 Å². The summed E-state index contributed by atoms with van der Waals surface area (Å²) in [5.74, 6) is 0.395. The molecule has 1 aliphatic heterocycles. The summed E-state index contributed by atoms with van der Waals surface area (Å²) >= 11 is 0.